The van der Waals surface area contributed by atoms with Gasteiger partial charge in [0.15, 0.2) is 0 Å². The second-order valence-corrected chi connectivity index (χ2v) is 5.23. The van der Waals surface area contributed by atoms with Gasteiger partial charge in [0.2, 0.25) is 0 Å². The van der Waals surface area contributed by atoms with Crippen molar-refractivity contribution in [2.24, 2.45) is 5.73 Å². The van der Waals surface area contributed by atoms with E-state index < -0.39 is 0 Å². The highest BCUT2D eigenvalue weighted by molar-refractivity contribution is 5.27. The van der Waals surface area contributed by atoms with E-state index in [0.29, 0.717) is 0 Å². The fraction of sp³-hybridized carbons (Fsp3) is 0.412. The number of benzene rings is 1. The zero-order valence-corrected chi connectivity index (χ0v) is 12.4. The molecule has 1 heterocycles. The molecule has 20 heavy (non-hydrogen) atoms. The van der Waals surface area contributed by atoms with E-state index >= 15 is 0 Å². The van der Waals surface area contributed by atoms with Crippen molar-refractivity contribution in [2.45, 2.75) is 38.8 Å². The lowest BCUT2D eigenvalue weighted by atomic mass is 10.1. The van der Waals surface area contributed by atoms with Gasteiger partial charge in [-0.3, -0.25) is 0 Å². The molecule has 3 nitrogen and oxygen atoms in total. The minimum Gasteiger partial charge on any atom is -0.497 e. The number of ether oxygens (including phenoxy) is 1. The van der Waals surface area contributed by atoms with Crippen LogP contribution in [0.1, 0.15) is 24.5 Å². The van der Waals surface area contributed by atoms with Crippen LogP contribution in [0.25, 0.3) is 0 Å². The Labute approximate surface area is 121 Å². The van der Waals surface area contributed by atoms with Gasteiger partial charge in [0.25, 0.3) is 0 Å². The number of methoxy groups -OCH3 is 1. The minimum absolute atomic E-state index is 0.271. The molecule has 2 aromatic rings. The third kappa shape index (κ3) is 4.14. The number of aryl methyl sites for hydroxylation is 2. The third-order valence-corrected chi connectivity index (χ3v) is 3.65. The molecule has 0 aliphatic heterocycles. The molecule has 1 atom stereocenters. The molecule has 0 amide bonds. The van der Waals surface area contributed by atoms with E-state index in [9.17, 15) is 0 Å². The van der Waals surface area contributed by atoms with Gasteiger partial charge in [-0.25, -0.2) is 0 Å². The highest BCUT2D eigenvalue weighted by atomic mass is 16.5. The SMILES string of the molecule is CCC(N)Cc1ccn(CCc2ccc(OC)cc2)c1. The number of nitrogens with zero attached hydrogens (tertiary/aromatic N) is 1. The molecule has 2 N–H and O–H groups in total. The summed E-state index contributed by atoms with van der Waals surface area (Å²) in [6.45, 7) is 3.12. The van der Waals surface area contributed by atoms with E-state index in [4.69, 9.17) is 10.5 Å². The normalized spacial score (nSPS) is 12.3. The average molecular weight is 272 g/mol. The quantitative estimate of drug-likeness (QED) is 0.841. The van der Waals surface area contributed by atoms with E-state index in [2.05, 4.69) is 42.1 Å². The summed E-state index contributed by atoms with van der Waals surface area (Å²) in [5.74, 6) is 0.908. The zero-order chi connectivity index (χ0) is 14.4. The van der Waals surface area contributed by atoms with Crippen LogP contribution in [-0.2, 0) is 19.4 Å². The Morgan fingerprint density at radius 2 is 1.90 bits per heavy atom. The van der Waals surface area contributed by atoms with Crippen LogP contribution in [-0.4, -0.2) is 17.7 Å². The molecule has 0 saturated carbocycles. The van der Waals surface area contributed by atoms with Crippen LogP contribution in [0.2, 0.25) is 0 Å². The monoisotopic (exact) mass is 272 g/mol. The van der Waals surface area contributed by atoms with E-state index in [1.807, 2.05) is 12.1 Å². The third-order valence-electron chi connectivity index (χ3n) is 3.65. The van der Waals surface area contributed by atoms with Gasteiger partial charge in [0.05, 0.1) is 7.11 Å². The zero-order valence-electron chi connectivity index (χ0n) is 12.4. The minimum atomic E-state index is 0.271. The topological polar surface area (TPSA) is 40.2 Å². The molecule has 0 saturated heterocycles. The Hall–Kier alpha value is -1.74. The smallest absolute Gasteiger partial charge is 0.118 e. The largest absolute Gasteiger partial charge is 0.497 e. The molecule has 0 fully saturated rings. The molecule has 0 radical (unpaired) electrons. The Morgan fingerprint density at radius 1 is 1.15 bits per heavy atom. The predicted molar refractivity (Wildman–Crippen MR) is 83.1 cm³/mol. The van der Waals surface area contributed by atoms with Crippen molar-refractivity contribution in [3.63, 3.8) is 0 Å². The summed E-state index contributed by atoms with van der Waals surface area (Å²) in [4.78, 5) is 0. The van der Waals surface area contributed by atoms with Gasteiger partial charge in [-0.05, 0) is 48.6 Å². The van der Waals surface area contributed by atoms with E-state index in [1.165, 1.54) is 11.1 Å². The molecular formula is C17H24N2O. The first-order valence-electron chi connectivity index (χ1n) is 7.24. The van der Waals surface area contributed by atoms with Gasteiger partial charge in [0, 0.05) is 25.0 Å². The van der Waals surface area contributed by atoms with E-state index in [0.717, 1.165) is 31.6 Å². The molecule has 108 valence electrons. The summed E-state index contributed by atoms with van der Waals surface area (Å²) in [6.07, 6.45) is 7.36. The second kappa shape index (κ2) is 7.15. The van der Waals surface area contributed by atoms with Gasteiger partial charge < -0.3 is 15.0 Å². The second-order valence-electron chi connectivity index (χ2n) is 5.23. The van der Waals surface area contributed by atoms with Crippen LogP contribution in [0.4, 0.5) is 0 Å². The number of rotatable bonds is 7. The van der Waals surface area contributed by atoms with Gasteiger partial charge >= 0.3 is 0 Å². The fourth-order valence-corrected chi connectivity index (χ4v) is 2.25. The molecule has 2 rings (SSSR count). The number of nitrogens with two attached hydrogens (primary N) is 1. The maximum Gasteiger partial charge on any atom is 0.118 e. The van der Waals surface area contributed by atoms with Gasteiger partial charge in [0.1, 0.15) is 5.75 Å². The summed E-state index contributed by atoms with van der Waals surface area (Å²) < 4.78 is 7.40. The Kier molecular flexibility index (Phi) is 5.24. The molecular weight excluding hydrogens is 248 g/mol. The first-order chi connectivity index (χ1) is 9.71. The van der Waals surface area contributed by atoms with E-state index in [1.54, 1.807) is 7.11 Å². The molecule has 0 bridgehead atoms. The Morgan fingerprint density at radius 3 is 2.55 bits per heavy atom. The van der Waals surface area contributed by atoms with Crippen molar-refractivity contribution < 1.29 is 4.74 Å². The molecule has 0 aliphatic rings. The van der Waals surface area contributed by atoms with Crippen LogP contribution >= 0.6 is 0 Å². The first-order valence-corrected chi connectivity index (χ1v) is 7.24. The first kappa shape index (κ1) is 14.7. The molecule has 1 aromatic carbocycles. The molecule has 0 aliphatic carbocycles. The number of hydrogen-bond acceptors (Lipinski definition) is 2. The lowest BCUT2D eigenvalue weighted by Gasteiger charge is -2.07. The summed E-state index contributed by atoms with van der Waals surface area (Å²) in [5.41, 5.74) is 8.64. The number of hydrogen-bond donors (Lipinski definition) is 1. The van der Waals surface area contributed by atoms with Gasteiger partial charge in [-0.15, -0.1) is 0 Å². The predicted octanol–water partition coefficient (Wildman–Crippen LogP) is 3.02. The van der Waals surface area contributed by atoms with Crippen LogP contribution in [0, 0.1) is 0 Å². The Bertz CT molecular complexity index is 516. The van der Waals surface area contributed by atoms with Crippen LogP contribution in [0.15, 0.2) is 42.7 Å². The van der Waals surface area contributed by atoms with Crippen molar-refractivity contribution >= 4 is 0 Å². The summed E-state index contributed by atoms with van der Waals surface area (Å²) in [7, 11) is 1.69. The molecule has 1 aromatic heterocycles. The highest BCUT2D eigenvalue weighted by Crippen LogP contribution is 2.13. The molecule has 1 unspecified atom stereocenters. The highest BCUT2D eigenvalue weighted by Gasteiger charge is 2.03. The van der Waals surface area contributed by atoms with Crippen molar-refractivity contribution in [1.82, 2.24) is 4.57 Å². The molecule has 0 spiro atoms. The van der Waals surface area contributed by atoms with E-state index in [-0.39, 0.29) is 6.04 Å². The summed E-state index contributed by atoms with van der Waals surface area (Å²) in [6, 6.07) is 10.7. The average Bonchev–Trinajstić information content (AvgIpc) is 2.93. The lowest BCUT2D eigenvalue weighted by molar-refractivity contribution is 0.414. The van der Waals surface area contributed by atoms with Crippen molar-refractivity contribution in [2.75, 3.05) is 7.11 Å². The molecule has 3 heteroatoms. The summed E-state index contributed by atoms with van der Waals surface area (Å²) in [5, 5.41) is 0. The summed E-state index contributed by atoms with van der Waals surface area (Å²) >= 11 is 0. The standard InChI is InChI=1S/C17H24N2O/c1-3-16(18)12-15-9-11-19(13-15)10-8-14-4-6-17(20-2)7-5-14/h4-7,9,11,13,16H,3,8,10,12,18H2,1-2H3. The van der Waals surface area contributed by atoms with Gasteiger partial charge in [-0.1, -0.05) is 19.1 Å². The maximum atomic E-state index is 5.99. The lowest BCUT2D eigenvalue weighted by Crippen LogP contribution is -2.21. The van der Waals surface area contributed by atoms with Crippen LogP contribution < -0.4 is 10.5 Å². The van der Waals surface area contributed by atoms with Crippen LogP contribution in [0.5, 0.6) is 5.75 Å². The number of aromatic nitrogens is 1. The van der Waals surface area contributed by atoms with Crippen molar-refractivity contribution in [3.8, 4) is 5.75 Å². The van der Waals surface area contributed by atoms with Crippen LogP contribution in [0.3, 0.4) is 0 Å². The Balaban J connectivity index is 1.87. The fourth-order valence-electron chi connectivity index (χ4n) is 2.25. The van der Waals surface area contributed by atoms with Crippen molar-refractivity contribution in [3.05, 3.63) is 53.9 Å². The van der Waals surface area contributed by atoms with Crippen molar-refractivity contribution in [1.29, 1.82) is 0 Å². The maximum absolute atomic E-state index is 5.99. The van der Waals surface area contributed by atoms with Gasteiger partial charge in [-0.2, -0.15) is 0 Å².